The number of anilines is 1. The summed E-state index contributed by atoms with van der Waals surface area (Å²) in [7, 11) is 0. The molecule has 0 amide bonds. The van der Waals surface area contributed by atoms with Gasteiger partial charge >= 0.3 is 0 Å². The molecule has 7 heteroatoms. The summed E-state index contributed by atoms with van der Waals surface area (Å²) in [4.78, 5) is 8.98. The highest BCUT2D eigenvalue weighted by atomic mass is 16.5. The van der Waals surface area contributed by atoms with Crippen LogP contribution in [0.1, 0.15) is 13.8 Å². The van der Waals surface area contributed by atoms with Crippen molar-refractivity contribution in [3.8, 4) is 0 Å². The SMILES string of the molecule is CC(C)NC[C@H]1O[C@@H](CO)[C@@H](O)[C@H]1N1CCN(c2ccccn2)CC1. The summed E-state index contributed by atoms with van der Waals surface area (Å²) in [6.07, 6.45) is 0.537. The fourth-order valence-electron chi connectivity index (χ4n) is 3.74. The average Bonchev–Trinajstić information content (AvgIpc) is 2.96. The van der Waals surface area contributed by atoms with E-state index < -0.39 is 12.2 Å². The maximum Gasteiger partial charge on any atom is 0.128 e. The molecule has 140 valence electrons. The zero-order valence-electron chi connectivity index (χ0n) is 15.1. The Labute approximate surface area is 149 Å². The van der Waals surface area contributed by atoms with E-state index >= 15 is 0 Å². The summed E-state index contributed by atoms with van der Waals surface area (Å²) >= 11 is 0. The van der Waals surface area contributed by atoms with Crippen molar-refractivity contribution in [1.82, 2.24) is 15.2 Å². The molecule has 2 fully saturated rings. The molecule has 3 rings (SSSR count). The molecule has 0 saturated carbocycles. The second-order valence-electron chi connectivity index (χ2n) is 7.15. The van der Waals surface area contributed by atoms with Crippen LogP contribution in [0.25, 0.3) is 0 Å². The molecule has 3 N–H and O–H groups in total. The largest absolute Gasteiger partial charge is 0.394 e. The van der Waals surface area contributed by atoms with E-state index in [1.165, 1.54) is 0 Å². The quantitative estimate of drug-likeness (QED) is 0.649. The summed E-state index contributed by atoms with van der Waals surface area (Å²) in [5, 5.41) is 23.5. The van der Waals surface area contributed by atoms with Crippen molar-refractivity contribution in [2.75, 3.05) is 44.2 Å². The van der Waals surface area contributed by atoms with Crippen molar-refractivity contribution >= 4 is 5.82 Å². The number of ether oxygens (including phenoxy) is 1. The third-order valence-electron chi connectivity index (χ3n) is 5.08. The summed E-state index contributed by atoms with van der Waals surface area (Å²) in [6.45, 7) is 8.14. The molecule has 4 atom stereocenters. The lowest BCUT2D eigenvalue weighted by atomic mass is 10.0. The van der Waals surface area contributed by atoms with Gasteiger partial charge in [-0.1, -0.05) is 19.9 Å². The Morgan fingerprint density at radius 1 is 1.24 bits per heavy atom. The molecule has 0 bridgehead atoms. The standard InChI is InChI=1S/C18H30N4O3/c1-13(2)20-11-14-17(18(24)15(12-23)25-14)22-9-7-21(8-10-22)16-5-3-4-6-19-16/h3-6,13-15,17-18,20,23-24H,7-12H2,1-2H3/t14-,15+,17+,18-/m1/s1. The van der Waals surface area contributed by atoms with Gasteiger partial charge in [0.1, 0.15) is 18.0 Å². The number of nitrogens with one attached hydrogen (secondary N) is 1. The third kappa shape index (κ3) is 4.30. The second-order valence-corrected chi connectivity index (χ2v) is 7.15. The first-order chi connectivity index (χ1) is 12.1. The molecular formula is C18H30N4O3. The number of rotatable bonds is 6. The smallest absolute Gasteiger partial charge is 0.128 e. The lowest BCUT2D eigenvalue weighted by molar-refractivity contribution is -0.0216. The third-order valence-corrected chi connectivity index (χ3v) is 5.08. The van der Waals surface area contributed by atoms with Gasteiger partial charge < -0.3 is 25.2 Å². The summed E-state index contributed by atoms with van der Waals surface area (Å²) in [6, 6.07) is 6.22. The minimum atomic E-state index is -0.662. The number of aliphatic hydroxyl groups is 2. The predicted molar refractivity (Wildman–Crippen MR) is 96.7 cm³/mol. The van der Waals surface area contributed by atoms with Gasteiger partial charge in [0.05, 0.1) is 18.8 Å². The van der Waals surface area contributed by atoms with Crippen LogP contribution in [0.3, 0.4) is 0 Å². The van der Waals surface area contributed by atoms with Gasteiger partial charge in [-0.05, 0) is 12.1 Å². The van der Waals surface area contributed by atoms with E-state index in [2.05, 4.69) is 33.9 Å². The van der Waals surface area contributed by atoms with Crippen molar-refractivity contribution < 1.29 is 14.9 Å². The van der Waals surface area contributed by atoms with Crippen molar-refractivity contribution in [3.05, 3.63) is 24.4 Å². The first kappa shape index (κ1) is 18.5. The number of hydrogen-bond acceptors (Lipinski definition) is 7. The minimum Gasteiger partial charge on any atom is -0.394 e. The first-order valence-corrected chi connectivity index (χ1v) is 9.18. The van der Waals surface area contributed by atoms with Crippen molar-refractivity contribution in [2.24, 2.45) is 0 Å². The number of aliphatic hydroxyl groups excluding tert-OH is 2. The summed E-state index contributed by atoms with van der Waals surface area (Å²) < 4.78 is 5.92. The number of aromatic nitrogens is 1. The molecule has 0 aliphatic carbocycles. The van der Waals surface area contributed by atoms with Crippen LogP contribution in [-0.2, 0) is 4.74 Å². The molecule has 1 aromatic rings. The fraction of sp³-hybridized carbons (Fsp3) is 0.722. The lowest BCUT2D eigenvalue weighted by Gasteiger charge is -2.40. The van der Waals surface area contributed by atoms with Gasteiger partial charge in [0.25, 0.3) is 0 Å². The molecule has 1 aromatic heterocycles. The van der Waals surface area contributed by atoms with E-state index in [0.29, 0.717) is 12.6 Å². The van der Waals surface area contributed by atoms with Crippen LogP contribution in [-0.4, -0.2) is 89.8 Å². The molecule has 3 heterocycles. The summed E-state index contributed by atoms with van der Waals surface area (Å²) in [5.74, 6) is 0.997. The van der Waals surface area contributed by atoms with Gasteiger partial charge in [0.15, 0.2) is 0 Å². The molecule has 7 nitrogen and oxygen atoms in total. The van der Waals surface area contributed by atoms with E-state index in [-0.39, 0.29) is 18.8 Å². The molecule has 0 unspecified atom stereocenters. The average molecular weight is 350 g/mol. The molecule has 2 aliphatic rings. The summed E-state index contributed by atoms with van der Waals surface area (Å²) in [5.41, 5.74) is 0. The van der Waals surface area contributed by atoms with Crippen LogP contribution >= 0.6 is 0 Å². The van der Waals surface area contributed by atoms with Crippen LogP contribution in [0.4, 0.5) is 5.82 Å². The zero-order chi connectivity index (χ0) is 17.8. The first-order valence-electron chi connectivity index (χ1n) is 9.18. The number of hydrogen-bond donors (Lipinski definition) is 3. The van der Waals surface area contributed by atoms with Gasteiger partial charge in [-0.2, -0.15) is 0 Å². The minimum absolute atomic E-state index is 0.0886. The fourth-order valence-corrected chi connectivity index (χ4v) is 3.74. The van der Waals surface area contributed by atoms with Crippen molar-refractivity contribution in [1.29, 1.82) is 0 Å². The van der Waals surface area contributed by atoms with Crippen LogP contribution < -0.4 is 10.2 Å². The second kappa shape index (κ2) is 8.42. The molecule has 0 spiro atoms. The van der Waals surface area contributed by atoms with E-state index in [0.717, 1.165) is 32.0 Å². The maximum absolute atomic E-state index is 10.6. The number of piperazine rings is 1. The topological polar surface area (TPSA) is 81.1 Å². The molecular weight excluding hydrogens is 320 g/mol. The van der Waals surface area contributed by atoms with Crippen molar-refractivity contribution in [2.45, 2.75) is 44.2 Å². The number of nitrogens with zero attached hydrogens (tertiary/aromatic N) is 3. The molecule has 0 radical (unpaired) electrons. The predicted octanol–water partition coefficient (Wildman–Crippen LogP) is -0.309. The van der Waals surface area contributed by atoms with Crippen LogP contribution in [0.5, 0.6) is 0 Å². The maximum atomic E-state index is 10.6. The monoisotopic (exact) mass is 350 g/mol. The van der Waals surface area contributed by atoms with E-state index in [1.807, 2.05) is 24.4 Å². The molecule has 2 saturated heterocycles. The Bertz CT molecular complexity index is 522. The van der Waals surface area contributed by atoms with Crippen LogP contribution in [0.15, 0.2) is 24.4 Å². The zero-order valence-corrected chi connectivity index (χ0v) is 15.1. The van der Waals surface area contributed by atoms with Gasteiger partial charge in [-0.25, -0.2) is 4.98 Å². The molecule has 25 heavy (non-hydrogen) atoms. The Balaban J connectivity index is 1.62. The van der Waals surface area contributed by atoms with Gasteiger partial charge in [0, 0.05) is 45.0 Å². The van der Waals surface area contributed by atoms with Gasteiger partial charge in [-0.15, -0.1) is 0 Å². The van der Waals surface area contributed by atoms with Gasteiger partial charge in [0.2, 0.25) is 0 Å². The highest BCUT2D eigenvalue weighted by Gasteiger charge is 2.46. The van der Waals surface area contributed by atoms with E-state index in [9.17, 15) is 10.2 Å². The van der Waals surface area contributed by atoms with Crippen LogP contribution in [0, 0.1) is 0 Å². The van der Waals surface area contributed by atoms with E-state index in [4.69, 9.17) is 4.74 Å². The number of pyridine rings is 1. The highest BCUT2D eigenvalue weighted by Crippen LogP contribution is 2.27. The van der Waals surface area contributed by atoms with E-state index in [1.54, 1.807) is 0 Å². The highest BCUT2D eigenvalue weighted by molar-refractivity contribution is 5.38. The molecule has 2 aliphatic heterocycles. The van der Waals surface area contributed by atoms with Crippen LogP contribution in [0.2, 0.25) is 0 Å². The van der Waals surface area contributed by atoms with Crippen molar-refractivity contribution in [3.63, 3.8) is 0 Å². The molecule has 0 aromatic carbocycles. The normalized spacial score (nSPS) is 31.0. The Morgan fingerprint density at radius 2 is 2.00 bits per heavy atom. The lowest BCUT2D eigenvalue weighted by Crippen LogP contribution is -2.57. The van der Waals surface area contributed by atoms with Gasteiger partial charge in [-0.3, -0.25) is 4.90 Å². The Kier molecular flexibility index (Phi) is 6.24. The Morgan fingerprint density at radius 3 is 2.60 bits per heavy atom. The Hall–Kier alpha value is -1.25.